The minimum Gasteiger partial charge on any atom is -0.467 e. The van der Waals surface area contributed by atoms with Crippen LogP contribution in [-0.2, 0) is 10.0 Å². The third-order valence-corrected chi connectivity index (χ3v) is 5.03. The summed E-state index contributed by atoms with van der Waals surface area (Å²) in [5.74, 6) is 0.104. The Labute approximate surface area is 158 Å². The molecule has 11 nitrogen and oxygen atoms in total. The smallest absolute Gasteiger partial charge is 0.335 e. The molecule has 0 atom stereocenters. The van der Waals surface area contributed by atoms with E-state index < -0.39 is 16.1 Å². The number of anilines is 1. The number of carbonyl (C=O) groups is 1. The number of fused-ring (bicyclic) bond motifs is 1. The van der Waals surface area contributed by atoms with Gasteiger partial charge in [0.25, 0.3) is 10.0 Å². The molecule has 27 heavy (non-hydrogen) atoms. The summed E-state index contributed by atoms with van der Waals surface area (Å²) < 4.78 is 33.3. The van der Waals surface area contributed by atoms with Gasteiger partial charge >= 0.3 is 12.0 Å². The van der Waals surface area contributed by atoms with Gasteiger partial charge in [-0.15, -0.1) is 0 Å². The number of aryl methyl sites for hydroxylation is 2. The predicted octanol–water partition coefficient (Wildman–Crippen LogP) is 1.31. The van der Waals surface area contributed by atoms with Crippen LogP contribution in [0, 0.1) is 13.8 Å². The molecule has 142 valence electrons. The first kappa shape index (κ1) is 18.8. The molecular formula is C14H14ClN7O4S. The topological polar surface area (TPSA) is 140 Å². The number of nitrogens with zero attached hydrogens (tertiary/aromatic N) is 5. The summed E-state index contributed by atoms with van der Waals surface area (Å²) in [4.78, 5) is 27.7. The number of methoxy groups -OCH3 is 1. The lowest BCUT2D eigenvalue weighted by molar-refractivity contribution is 0.256. The van der Waals surface area contributed by atoms with Crippen molar-refractivity contribution in [2.45, 2.75) is 18.9 Å². The maximum atomic E-state index is 12.6. The summed E-state index contributed by atoms with van der Waals surface area (Å²) in [6.45, 7) is 3.34. The van der Waals surface area contributed by atoms with Gasteiger partial charge in [-0.2, -0.15) is 23.4 Å². The molecular weight excluding hydrogens is 398 g/mol. The molecule has 2 amide bonds. The Morgan fingerprint density at radius 2 is 1.93 bits per heavy atom. The molecule has 0 unspecified atom stereocenters. The normalized spacial score (nSPS) is 11.4. The van der Waals surface area contributed by atoms with E-state index in [1.807, 2.05) is 4.72 Å². The van der Waals surface area contributed by atoms with Crippen LogP contribution >= 0.6 is 11.6 Å². The van der Waals surface area contributed by atoms with E-state index in [4.69, 9.17) is 16.3 Å². The second kappa shape index (κ2) is 6.96. The van der Waals surface area contributed by atoms with Crippen molar-refractivity contribution in [1.82, 2.24) is 29.1 Å². The Morgan fingerprint density at radius 3 is 2.63 bits per heavy atom. The van der Waals surface area contributed by atoms with E-state index in [0.717, 1.165) is 5.56 Å². The average Bonchev–Trinajstić information content (AvgIpc) is 2.89. The molecule has 3 aromatic heterocycles. The fraction of sp³-hybridized carbons (Fsp3) is 0.214. The number of sulfonamides is 1. The first-order chi connectivity index (χ1) is 12.7. The molecule has 0 bridgehead atoms. The summed E-state index contributed by atoms with van der Waals surface area (Å²) in [7, 11) is -2.99. The number of amides is 2. The van der Waals surface area contributed by atoms with Crippen LogP contribution in [0.15, 0.2) is 23.4 Å². The SMILES string of the molecule is COc1nc(C)nc(NC(=O)NS(=O)(=O)c2c(Cl)nc3ccc(C)cn23)n1. The van der Waals surface area contributed by atoms with Crippen molar-refractivity contribution >= 4 is 39.3 Å². The monoisotopic (exact) mass is 411 g/mol. The molecule has 0 aromatic carbocycles. The lowest BCUT2D eigenvalue weighted by Crippen LogP contribution is -2.35. The number of urea groups is 1. The highest BCUT2D eigenvalue weighted by Crippen LogP contribution is 2.23. The van der Waals surface area contributed by atoms with Gasteiger partial charge in [0.15, 0.2) is 10.2 Å². The van der Waals surface area contributed by atoms with Gasteiger partial charge in [0.1, 0.15) is 11.5 Å². The number of carbonyl (C=O) groups excluding carboxylic acids is 1. The number of imidazole rings is 1. The van der Waals surface area contributed by atoms with E-state index in [1.54, 1.807) is 32.2 Å². The number of halogens is 1. The Hall–Kier alpha value is -2.99. The second-order valence-corrected chi connectivity index (χ2v) is 7.35. The van der Waals surface area contributed by atoms with E-state index in [0.29, 0.717) is 5.65 Å². The van der Waals surface area contributed by atoms with Gasteiger partial charge in [0.2, 0.25) is 5.95 Å². The minimum absolute atomic E-state index is 0.0269. The fourth-order valence-electron chi connectivity index (χ4n) is 2.24. The summed E-state index contributed by atoms with van der Waals surface area (Å²) in [5, 5.41) is 1.59. The molecule has 0 aliphatic carbocycles. The Bertz CT molecular complexity index is 1150. The van der Waals surface area contributed by atoms with Crippen molar-refractivity contribution in [3.8, 4) is 6.01 Å². The van der Waals surface area contributed by atoms with Gasteiger partial charge < -0.3 is 4.74 Å². The number of hydrogen-bond acceptors (Lipinski definition) is 8. The molecule has 0 saturated heterocycles. The molecule has 13 heteroatoms. The van der Waals surface area contributed by atoms with E-state index in [2.05, 4.69) is 25.3 Å². The summed E-state index contributed by atoms with van der Waals surface area (Å²) in [6.07, 6.45) is 1.54. The first-order valence-electron chi connectivity index (χ1n) is 7.44. The summed E-state index contributed by atoms with van der Waals surface area (Å²) >= 11 is 5.98. The zero-order valence-corrected chi connectivity index (χ0v) is 16.0. The van der Waals surface area contributed by atoms with Crippen molar-refractivity contribution in [3.05, 3.63) is 34.9 Å². The third kappa shape index (κ3) is 3.90. The average molecular weight is 412 g/mol. The summed E-state index contributed by atoms with van der Waals surface area (Å²) in [5.41, 5.74) is 1.11. The Kier molecular flexibility index (Phi) is 4.85. The number of pyridine rings is 1. The lowest BCUT2D eigenvalue weighted by atomic mass is 10.3. The predicted molar refractivity (Wildman–Crippen MR) is 95.4 cm³/mol. The number of rotatable bonds is 4. The minimum atomic E-state index is -4.33. The van der Waals surface area contributed by atoms with Crippen LogP contribution in [0.25, 0.3) is 5.65 Å². The molecule has 0 radical (unpaired) electrons. The molecule has 3 heterocycles. The van der Waals surface area contributed by atoms with Crippen molar-refractivity contribution in [3.63, 3.8) is 0 Å². The van der Waals surface area contributed by atoms with Gasteiger partial charge in [-0.25, -0.2) is 14.5 Å². The molecule has 0 saturated carbocycles. The molecule has 0 spiro atoms. The van der Waals surface area contributed by atoms with Gasteiger partial charge in [0, 0.05) is 6.20 Å². The maximum Gasteiger partial charge on any atom is 0.335 e. The van der Waals surface area contributed by atoms with Crippen molar-refractivity contribution in [2.75, 3.05) is 12.4 Å². The molecule has 0 aliphatic rings. The molecule has 2 N–H and O–H groups in total. The lowest BCUT2D eigenvalue weighted by Gasteiger charge is -2.09. The van der Waals surface area contributed by atoms with Crippen molar-refractivity contribution < 1.29 is 17.9 Å². The quantitative estimate of drug-likeness (QED) is 0.654. The molecule has 0 fully saturated rings. The van der Waals surface area contributed by atoms with E-state index in [9.17, 15) is 13.2 Å². The second-order valence-electron chi connectivity index (χ2n) is 5.39. The van der Waals surface area contributed by atoms with E-state index in [1.165, 1.54) is 11.5 Å². The number of aromatic nitrogens is 5. The number of ether oxygens (including phenoxy) is 1. The fourth-order valence-corrected chi connectivity index (χ4v) is 3.79. The van der Waals surface area contributed by atoms with Crippen molar-refractivity contribution in [2.24, 2.45) is 0 Å². The van der Waals surface area contributed by atoms with Gasteiger partial charge in [0.05, 0.1) is 7.11 Å². The van der Waals surface area contributed by atoms with Crippen LogP contribution in [0.3, 0.4) is 0 Å². The van der Waals surface area contributed by atoms with Crippen LogP contribution in [0.5, 0.6) is 6.01 Å². The molecule has 3 rings (SSSR count). The zero-order valence-electron chi connectivity index (χ0n) is 14.4. The Balaban J connectivity index is 1.89. The standard InChI is InChI=1S/C14H14ClN7O4S/c1-7-4-5-9-18-10(15)11(22(9)6-7)27(24,25)21-13(23)19-12-16-8(2)17-14(20-12)26-3/h4-6H,1-3H3,(H2,16,17,19,20,21,23). The van der Waals surface area contributed by atoms with Gasteiger partial charge in [-0.3, -0.25) is 9.72 Å². The zero-order chi connectivity index (χ0) is 19.8. The van der Waals surface area contributed by atoms with Crippen LogP contribution in [0.2, 0.25) is 5.15 Å². The third-order valence-electron chi connectivity index (χ3n) is 3.30. The highest BCUT2D eigenvalue weighted by atomic mass is 35.5. The Morgan fingerprint density at radius 1 is 1.19 bits per heavy atom. The van der Waals surface area contributed by atoms with Gasteiger partial charge in [-0.05, 0) is 25.5 Å². The van der Waals surface area contributed by atoms with Crippen molar-refractivity contribution in [1.29, 1.82) is 0 Å². The van der Waals surface area contributed by atoms with Gasteiger partial charge in [-0.1, -0.05) is 17.7 Å². The van der Waals surface area contributed by atoms with E-state index >= 15 is 0 Å². The van der Waals surface area contributed by atoms with Crippen LogP contribution in [0.1, 0.15) is 11.4 Å². The first-order valence-corrected chi connectivity index (χ1v) is 9.30. The molecule has 3 aromatic rings. The number of nitrogens with one attached hydrogen (secondary N) is 2. The summed E-state index contributed by atoms with van der Waals surface area (Å²) in [6, 6.07) is 2.26. The van der Waals surface area contributed by atoms with E-state index in [-0.39, 0.29) is 28.0 Å². The van der Waals surface area contributed by atoms with Crippen LogP contribution < -0.4 is 14.8 Å². The highest BCUT2D eigenvalue weighted by Gasteiger charge is 2.27. The molecule has 0 aliphatic heterocycles. The number of hydrogen-bond donors (Lipinski definition) is 2. The van der Waals surface area contributed by atoms with Crippen LogP contribution in [-0.4, -0.2) is 45.9 Å². The maximum absolute atomic E-state index is 12.6. The largest absolute Gasteiger partial charge is 0.467 e. The van der Waals surface area contributed by atoms with Crippen LogP contribution in [0.4, 0.5) is 10.7 Å². The highest BCUT2D eigenvalue weighted by molar-refractivity contribution is 7.90.